The molecule has 1 heterocycles. The van der Waals surface area contributed by atoms with Crippen LogP contribution in [0.15, 0.2) is 24.3 Å². The number of ether oxygens (including phenoxy) is 1. The summed E-state index contributed by atoms with van der Waals surface area (Å²) in [5.74, 6) is 0.281. The van der Waals surface area contributed by atoms with Crippen LogP contribution >= 0.6 is 11.6 Å². The van der Waals surface area contributed by atoms with E-state index in [-0.39, 0.29) is 11.9 Å². The van der Waals surface area contributed by atoms with Gasteiger partial charge in [0.25, 0.3) is 0 Å². The Hall–Kier alpha value is -1.10. The van der Waals surface area contributed by atoms with E-state index in [0.29, 0.717) is 17.8 Å². The summed E-state index contributed by atoms with van der Waals surface area (Å²) >= 11 is 6.16. The molecule has 1 aromatic rings. The predicted molar refractivity (Wildman–Crippen MR) is 112 cm³/mol. The van der Waals surface area contributed by atoms with Crippen molar-refractivity contribution < 1.29 is 9.53 Å². The van der Waals surface area contributed by atoms with Gasteiger partial charge >= 0.3 is 5.97 Å². The largest absolute Gasteiger partial charge is 0.425 e. The summed E-state index contributed by atoms with van der Waals surface area (Å²) in [6, 6.07) is 8.62. The summed E-state index contributed by atoms with van der Waals surface area (Å²) < 4.78 is 5.42. The second kappa shape index (κ2) is 11.7. The summed E-state index contributed by atoms with van der Waals surface area (Å²) in [5, 5.41) is 6.69. The van der Waals surface area contributed by atoms with Gasteiger partial charge in [0.15, 0.2) is 0 Å². The van der Waals surface area contributed by atoms with Crippen molar-refractivity contribution in [2.45, 2.75) is 76.8 Å². The first-order chi connectivity index (χ1) is 13.0. The second-order valence-corrected chi connectivity index (χ2v) is 8.16. The number of alkyl halides is 1. The summed E-state index contributed by atoms with van der Waals surface area (Å²) in [6.07, 6.45) is 7.34. The van der Waals surface area contributed by atoms with Gasteiger partial charge in [-0.25, -0.2) is 0 Å². The monoisotopic (exact) mass is 394 g/mol. The summed E-state index contributed by atoms with van der Waals surface area (Å²) in [7, 11) is 0. The molecule has 1 aliphatic heterocycles. The van der Waals surface area contributed by atoms with E-state index in [2.05, 4.69) is 17.6 Å². The fourth-order valence-corrected chi connectivity index (χ4v) is 3.57. The Balaban J connectivity index is 1.78. The number of carbonyl (C=O) groups is 1. The molecule has 0 radical (unpaired) electrons. The number of unbranched alkanes of at least 4 members (excludes halogenated alkanes) is 3. The number of carbonyl (C=O) groups excluding carboxylic acids is 1. The first-order valence-corrected chi connectivity index (χ1v) is 10.9. The van der Waals surface area contributed by atoms with Crippen molar-refractivity contribution in [1.82, 2.24) is 10.6 Å². The average molecular weight is 395 g/mol. The van der Waals surface area contributed by atoms with Crippen LogP contribution in [-0.4, -0.2) is 30.5 Å². The molecule has 0 amide bonds. The Morgan fingerprint density at radius 1 is 1.15 bits per heavy atom. The van der Waals surface area contributed by atoms with Crippen LogP contribution in [0.3, 0.4) is 0 Å². The lowest BCUT2D eigenvalue weighted by atomic mass is 10.0. The van der Waals surface area contributed by atoms with E-state index in [9.17, 15) is 4.79 Å². The Bertz CT molecular complexity index is 556. The molecule has 5 heteroatoms. The summed E-state index contributed by atoms with van der Waals surface area (Å²) in [6.45, 7) is 8.15. The number of benzene rings is 1. The molecule has 152 valence electrons. The van der Waals surface area contributed by atoms with Gasteiger partial charge in [0, 0.05) is 25.2 Å². The molecule has 4 unspecified atom stereocenters. The van der Waals surface area contributed by atoms with Crippen LogP contribution in [0.5, 0.6) is 5.75 Å². The third-order valence-electron chi connectivity index (χ3n) is 5.50. The number of halogens is 1. The topological polar surface area (TPSA) is 50.4 Å². The molecule has 4 nitrogen and oxygen atoms in total. The highest BCUT2D eigenvalue weighted by atomic mass is 35.5. The molecule has 0 aliphatic carbocycles. The summed E-state index contributed by atoms with van der Waals surface area (Å²) in [5.41, 5.74) is 1.20. The van der Waals surface area contributed by atoms with Crippen molar-refractivity contribution >= 4 is 17.6 Å². The van der Waals surface area contributed by atoms with E-state index < -0.39 is 5.38 Å². The molecule has 2 N–H and O–H groups in total. The lowest BCUT2D eigenvalue weighted by molar-refractivity contribution is -0.134. The third-order valence-corrected chi connectivity index (χ3v) is 6.11. The predicted octanol–water partition coefficient (Wildman–Crippen LogP) is 4.82. The molecule has 1 saturated heterocycles. The average Bonchev–Trinajstić information content (AvgIpc) is 2.71. The Morgan fingerprint density at radius 2 is 1.89 bits per heavy atom. The van der Waals surface area contributed by atoms with Gasteiger partial charge in [0.05, 0.1) is 0 Å². The van der Waals surface area contributed by atoms with Gasteiger partial charge < -0.3 is 15.4 Å². The molecule has 1 aromatic carbocycles. The normalized spacial score (nSPS) is 22.2. The minimum absolute atomic E-state index is 0.103. The van der Waals surface area contributed by atoms with Crippen LogP contribution < -0.4 is 15.4 Å². The minimum atomic E-state index is -0.604. The Morgan fingerprint density at radius 3 is 2.48 bits per heavy atom. The highest BCUT2D eigenvalue weighted by Crippen LogP contribution is 2.22. The van der Waals surface area contributed by atoms with Crippen LogP contribution in [0.1, 0.15) is 70.9 Å². The number of piperazine rings is 1. The van der Waals surface area contributed by atoms with Crippen LogP contribution in [0, 0.1) is 5.92 Å². The molecule has 2 rings (SSSR count). The van der Waals surface area contributed by atoms with Gasteiger partial charge in [-0.05, 0) is 30.0 Å². The van der Waals surface area contributed by atoms with E-state index in [0.717, 1.165) is 19.5 Å². The van der Waals surface area contributed by atoms with E-state index in [1.807, 2.05) is 38.1 Å². The Kier molecular flexibility index (Phi) is 9.60. The van der Waals surface area contributed by atoms with E-state index >= 15 is 0 Å². The quantitative estimate of drug-likeness (QED) is 0.258. The van der Waals surface area contributed by atoms with Crippen molar-refractivity contribution in [2.75, 3.05) is 13.1 Å². The maximum absolute atomic E-state index is 12.1. The molecule has 4 atom stereocenters. The third kappa shape index (κ3) is 7.10. The van der Waals surface area contributed by atoms with Crippen molar-refractivity contribution in [3.8, 4) is 5.75 Å². The van der Waals surface area contributed by atoms with E-state index in [4.69, 9.17) is 16.3 Å². The van der Waals surface area contributed by atoms with Gasteiger partial charge in [-0.3, -0.25) is 4.79 Å². The number of esters is 1. The molecule has 0 bridgehead atoms. The molecule has 1 fully saturated rings. The zero-order valence-electron chi connectivity index (χ0n) is 17.0. The van der Waals surface area contributed by atoms with Crippen LogP contribution in [0.4, 0.5) is 0 Å². The number of hydrogen-bond acceptors (Lipinski definition) is 4. The fraction of sp³-hybridized carbons (Fsp3) is 0.682. The highest BCUT2D eigenvalue weighted by molar-refractivity contribution is 6.30. The standard InChI is InChI=1S/C22H35ClN2O2/c1-4-6-7-8-9-18-14-25-20(15-24-18)17-10-12-19(13-11-17)27-22(26)21(23)16(3)5-2/h10-13,16,18,20-21,24-25H,4-9,14-15H2,1-3H3. The molecular formula is C22H35ClN2O2. The first kappa shape index (κ1) is 22.2. The van der Waals surface area contributed by atoms with E-state index in [1.54, 1.807) is 0 Å². The molecule has 0 spiro atoms. The number of rotatable bonds is 10. The summed E-state index contributed by atoms with van der Waals surface area (Å²) in [4.78, 5) is 12.1. The van der Waals surface area contributed by atoms with Gasteiger partial charge in [-0.1, -0.05) is 65.0 Å². The van der Waals surface area contributed by atoms with Crippen LogP contribution in [0.25, 0.3) is 0 Å². The zero-order chi connectivity index (χ0) is 19.6. The Labute approximate surface area is 169 Å². The first-order valence-electron chi connectivity index (χ1n) is 10.5. The second-order valence-electron chi connectivity index (χ2n) is 7.69. The maximum atomic E-state index is 12.1. The van der Waals surface area contributed by atoms with E-state index in [1.165, 1.54) is 37.7 Å². The smallest absolute Gasteiger partial charge is 0.329 e. The lowest BCUT2D eigenvalue weighted by Gasteiger charge is -2.31. The van der Waals surface area contributed by atoms with Gasteiger partial charge in [0.2, 0.25) is 0 Å². The number of hydrogen-bond donors (Lipinski definition) is 2. The SMILES string of the molecule is CCCCCCC1CNC(c2ccc(OC(=O)C(Cl)C(C)CC)cc2)CN1. The number of nitrogens with one attached hydrogen (secondary N) is 2. The molecule has 0 aromatic heterocycles. The minimum Gasteiger partial charge on any atom is -0.425 e. The van der Waals surface area contributed by atoms with Gasteiger partial charge in [0.1, 0.15) is 11.1 Å². The van der Waals surface area contributed by atoms with Crippen LogP contribution in [-0.2, 0) is 4.79 Å². The zero-order valence-corrected chi connectivity index (χ0v) is 17.7. The van der Waals surface area contributed by atoms with Crippen molar-refractivity contribution in [3.05, 3.63) is 29.8 Å². The van der Waals surface area contributed by atoms with Gasteiger partial charge in [-0.2, -0.15) is 0 Å². The van der Waals surface area contributed by atoms with Crippen LogP contribution in [0.2, 0.25) is 0 Å². The molecule has 27 heavy (non-hydrogen) atoms. The molecular weight excluding hydrogens is 360 g/mol. The lowest BCUT2D eigenvalue weighted by Crippen LogP contribution is -2.49. The maximum Gasteiger partial charge on any atom is 0.329 e. The van der Waals surface area contributed by atoms with Crippen molar-refractivity contribution in [2.24, 2.45) is 5.92 Å². The van der Waals surface area contributed by atoms with Crippen molar-refractivity contribution in [1.29, 1.82) is 0 Å². The van der Waals surface area contributed by atoms with Gasteiger partial charge in [-0.15, -0.1) is 11.6 Å². The highest BCUT2D eigenvalue weighted by Gasteiger charge is 2.24. The molecule has 1 aliphatic rings. The fourth-order valence-electron chi connectivity index (χ4n) is 3.35. The van der Waals surface area contributed by atoms with Crippen molar-refractivity contribution in [3.63, 3.8) is 0 Å². The molecule has 0 saturated carbocycles.